The van der Waals surface area contributed by atoms with Crippen LogP contribution in [0.4, 0.5) is 17.6 Å². The fourth-order valence-electron chi connectivity index (χ4n) is 1.66. The summed E-state index contributed by atoms with van der Waals surface area (Å²) in [5, 5.41) is 0. The summed E-state index contributed by atoms with van der Waals surface area (Å²) in [5.41, 5.74) is -0.991. The van der Waals surface area contributed by atoms with Crippen molar-refractivity contribution in [3.8, 4) is 5.75 Å². The Balaban J connectivity index is 3.42. The predicted octanol–water partition coefficient (Wildman–Crippen LogP) is 3.29. The van der Waals surface area contributed by atoms with E-state index < -0.39 is 35.0 Å². The van der Waals surface area contributed by atoms with Crippen LogP contribution in [-0.2, 0) is 4.74 Å². The van der Waals surface area contributed by atoms with Gasteiger partial charge in [-0.25, -0.2) is 4.39 Å². The van der Waals surface area contributed by atoms with Gasteiger partial charge in [-0.05, 0) is 19.1 Å². The molecule has 0 saturated heterocycles. The lowest BCUT2D eigenvalue weighted by Crippen LogP contribution is -2.24. The molecule has 0 aromatic heterocycles. The van der Waals surface area contributed by atoms with Crippen LogP contribution >= 0.6 is 0 Å². The molecule has 1 unspecified atom stereocenters. The van der Waals surface area contributed by atoms with Crippen molar-refractivity contribution < 1.29 is 31.8 Å². The molecule has 0 bridgehead atoms. The van der Waals surface area contributed by atoms with Crippen molar-refractivity contribution in [3.63, 3.8) is 0 Å². The van der Waals surface area contributed by atoms with Crippen LogP contribution in [0.15, 0.2) is 12.1 Å². The Morgan fingerprint density at radius 3 is 2.42 bits per heavy atom. The number of hydrogen-bond donors (Lipinski definition) is 0. The standard InChI is InChI=1S/C12H12F4O3/c1-3-19-11(12(14,15)16)7-4-5-9(13)8(6-17)10(7)18-2/h4-6,11H,3H2,1-2H3. The first kappa shape index (κ1) is 15.4. The Labute approximate surface area is 107 Å². The Morgan fingerprint density at radius 2 is 2.00 bits per heavy atom. The van der Waals surface area contributed by atoms with E-state index in [1.54, 1.807) is 0 Å². The molecule has 0 spiro atoms. The zero-order valence-electron chi connectivity index (χ0n) is 10.3. The highest BCUT2D eigenvalue weighted by molar-refractivity contribution is 5.80. The molecule has 1 atom stereocenters. The summed E-state index contributed by atoms with van der Waals surface area (Å²) in [4.78, 5) is 10.7. The van der Waals surface area contributed by atoms with Crippen LogP contribution in [0.25, 0.3) is 0 Å². The Kier molecular flexibility index (Phi) is 4.88. The minimum atomic E-state index is -4.69. The van der Waals surface area contributed by atoms with Gasteiger partial charge >= 0.3 is 6.18 Å². The van der Waals surface area contributed by atoms with Gasteiger partial charge in [-0.1, -0.05) is 0 Å². The fourth-order valence-corrected chi connectivity index (χ4v) is 1.66. The van der Waals surface area contributed by atoms with Gasteiger partial charge in [0.15, 0.2) is 12.4 Å². The quantitative estimate of drug-likeness (QED) is 0.613. The third-order valence-corrected chi connectivity index (χ3v) is 2.41. The predicted molar refractivity (Wildman–Crippen MR) is 58.8 cm³/mol. The molecule has 0 fully saturated rings. The summed E-state index contributed by atoms with van der Waals surface area (Å²) < 4.78 is 61.3. The lowest BCUT2D eigenvalue weighted by molar-refractivity contribution is -0.223. The van der Waals surface area contributed by atoms with Crippen LogP contribution in [0.2, 0.25) is 0 Å². The van der Waals surface area contributed by atoms with Crippen molar-refractivity contribution in [1.29, 1.82) is 0 Å². The maximum Gasteiger partial charge on any atom is 0.418 e. The van der Waals surface area contributed by atoms with Crippen molar-refractivity contribution in [1.82, 2.24) is 0 Å². The number of halogens is 4. The van der Waals surface area contributed by atoms with Gasteiger partial charge in [-0.15, -0.1) is 0 Å². The molecule has 1 rings (SSSR count). The van der Waals surface area contributed by atoms with Gasteiger partial charge < -0.3 is 9.47 Å². The molecule has 106 valence electrons. The maximum atomic E-state index is 13.3. The molecule has 0 N–H and O–H groups in total. The number of benzene rings is 1. The molecule has 0 aliphatic carbocycles. The summed E-state index contributed by atoms with van der Waals surface area (Å²) in [6.07, 6.45) is -6.86. The van der Waals surface area contributed by atoms with E-state index >= 15 is 0 Å². The SMILES string of the molecule is CCOC(c1ccc(F)c(C=O)c1OC)C(F)(F)F. The van der Waals surface area contributed by atoms with E-state index in [0.717, 1.165) is 19.2 Å². The van der Waals surface area contributed by atoms with Gasteiger partial charge in [0.2, 0.25) is 0 Å². The number of rotatable bonds is 5. The molecule has 1 aromatic carbocycles. The minimum absolute atomic E-state index is 0.108. The molecular formula is C12H12F4O3. The maximum absolute atomic E-state index is 13.3. The average Bonchev–Trinajstić information content (AvgIpc) is 2.34. The number of hydrogen-bond acceptors (Lipinski definition) is 3. The molecule has 0 amide bonds. The zero-order chi connectivity index (χ0) is 14.6. The second kappa shape index (κ2) is 6.01. The normalized spacial score (nSPS) is 13.2. The number of alkyl halides is 3. The molecular weight excluding hydrogens is 268 g/mol. The van der Waals surface area contributed by atoms with Crippen LogP contribution in [0.5, 0.6) is 5.75 Å². The van der Waals surface area contributed by atoms with Crippen LogP contribution < -0.4 is 4.74 Å². The third-order valence-electron chi connectivity index (χ3n) is 2.41. The molecule has 1 aromatic rings. The number of aldehydes is 1. The number of methoxy groups -OCH3 is 1. The molecule has 0 heterocycles. The van der Waals surface area contributed by atoms with Crippen molar-refractivity contribution in [2.45, 2.75) is 19.2 Å². The van der Waals surface area contributed by atoms with E-state index in [2.05, 4.69) is 4.74 Å². The van der Waals surface area contributed by atoms with Gasteiger partial charge in [0.05, 0.1) is 12.7 Å². The summed E-state index contributed by atoms with van der Waals surface area (Å²) in [7, 11) is 1.06. The average molecular weight is 280 g/mol. The van der Waals surface area contributed by atoms with Crippen LogP contribution in [0.1, 0.15) is 28.9 Å². The van der Waals surface area contributed by atoms with Crippen molar-refractivity contribution >= 4 is 6.29 Å². The molecule has 19 heavy (non-hydrogen) atoms. The summed E-state index contributed by atoms with van der Waals surface area (Å²) in [6, 6.07) is 1.67. The second-order valence-electron chi connectivity index (χ2n) is 3.58. The fraction of sp³-hybridized carbons (Fsp3) is 0.417. The summed E-state index contributed by atoms with van der Waals surface area (Å²) >= 11 is 0. The van der Waals surface area contributed by atoms with Gasteiger partial charge in [0.1, 0.15) is 11.6 Å². The Morgan fingerprint density at radius 1 is 1.37 bits per heavy atom. The van der Waals surface area contributed by atoms with E-state index in [0.29, 0.717) is 0 Å². The highest BCUT2D eigenvalue weighted by Gasteiger charge is 2.43. The molecule has 7 heteroatoms. The zero-order valence-corrected chi connectivity index (χ0v) is 10.3. The Bertz CT molecular complexity index is 457. The van der Waals surface area contributed by atoms with Gasteiger partial charge in [0.25, 0.3) is 0 Å². The Hall–Kier alpha value is -1.63. The van der Waals surface area contributed by atoms with Crippen molar-refractivity contribution in [3.05, 3.63) is 29.1 Å². The van der Waals surface area contributed by atoms with E-state index in [9.17, 15) is 22.4 Å². The lowest BCUT2D eigenvalue weighted by Gasteiger charge is -2.23. The molecule has 0 aliphatic rings. The van der Waals surface area contributed by atoms with E-state index in [1.165, 1.54) is 6.92 Å². The summed E-state index contributed by atoms with van der Waals surface area (Å²) in [6.45, 7) is 1.20. The van der Waals surface area contributed by atoms with Gasteiger partial charge in [0, 0.05) is 12.2 Å². The number of ether oxygens (including phenoxy) is 2. The van der Waals surface area contributed by atoms with E-state index in [4.69, 9.17) is 4.74 Å². The van der Waals surface area contributed by atoms with E-state index in [-0.39, 0.29) is 12.9 Å². The molecule has 0 saturated carbocycles. The topological polar surface area (TPSA) is 35.5 Å². The number of carbonyl (C=O) groups is 1. The van der Waals surface area contributed by atoms with Crippen molar-refractivity contribution in [2.75, 3.05) is 13.7 Å². The minimum Gasteiger partial charge on any atom is -0.495 e. The first-order chi connectivity index (χ1) is 8.86. The molecule has 0 radical (unpaired) electrons. The van der Waals surface area contributed by atoms with Crippen LogP contribution in [-0.4, -0.2) is 26.2 Å². The van der Waals surface area contributed by atoms with Gasteiger partial charge in [-0.3, -0.25) is 4.79 Å². The lowest BCUT2D eigenvalue weighted by atomic mass is 10.0. The largest absolute Gasteiger partial charge is 0.495 e. The van der Waals surface area contributed by atoms with Crippen LogP contribution in [0, 0.1) is 5.82 Å². The molecule has 0 aliphatic heterocycles. The van der Waals surface area contributed by atoms with Crippen molar-refractivity contribution in [2.24, 2.45) is 0 Å². The first-order valence-corrected chi connectivity index (χ1v) is 5.36. The van der Waals surface area contributed by atoms with Crippen LogP contribution in [0.3, 0.4) is 0 Å². The second-order valence-corrected chi connectivity index (χ2v) is 3.58. The highest BCUT2D eigenvalue weighted by atomic mass is 19.4. The third kappa shape index (κ3) is 3.23. The highest BCUT2D eigenvalue weighted by Crippen LogP contribution is 2.41. The number of carbonyl (C=O) groups excluding carboxylic acids is 1. The van der Waals surface area contributed by atoms with E-state index in [1.807, 2.05) is 0 Å². The first-order valence-electron chi connectivity index (χ1n) is 5.36. The van der Waals surface area contributed by atoms with Gasteiger partial charge in [-0.2, -0.15) is 13.2 Å². The monoisotopic (exact) mass is 280 g/mol. The molecule has 3 nitrogen and oxygen atoms in total. The smallest absolute Gasteiger partial charge is 0.418 e. The summed E-state index contributed by atoms with van der Waals surface area (Å²) in [5.74, 6) is -1.42.